The van der Waals surface area contributed by atoms with Crippen LogP contribution in [0.2, 0.25) is 0 Å². The molecule has 0 rings (SSSR count). The summed E-state index contributed by atoms with van der Waals surface area (Å²) in [6.07, 6.45) is 0. The number of hydrogen-bond donors (Lipinski definition) is 2. The van der Waals surface area contributed by atoms with E-state index < -0.39 is 5.97 Å². The molecule has 8 heavy (non-hydrogen) atoms. The lowest BCUT2D eigenvalue weighted by atomic mass is 10.6. The molecule has 0 aliphatic heterocycles. The SMILES string of the molecule is NCC#CC(=O)ON. The maximum atomic E-state index is 9.99. The van der Waals surface area contributed by atoms with Gasteiger partial charge < -0.3 is 10.6 Å². The Bertz CT molecular complexity index is 133. The molecule has 44 valence electrons. The molecular weight excluding hydrogens is 108 g/mol. The lowest BCUT2D eigenvalue weighted by molar-refractivity contribution is -0.137. The second kappa shape index (κ2) is 4.12. The lowest BCUT2D eigenvalue weighted by Gasteiger charge is -1.80. The molecule has 0 heterocycles. The van der Waals surface area contributed by atoms with Gasteiger partial charge in [0, 0.05) is 5.92 Å². The van der Waals surface area contributed by atoms with Crippen LogP contribution in [0.1, 0.15) is 0 Å². The first-order valence-corrected chi connectivity index (χ1v) is 1.91. The second-order valence-corrected chi connectivity index (χ2v) is 0.911. The van der Waals surface area contributed by atoms with Crippen molar-refractivity contribution in [2.45, 2.75) is 0 Å². The number of nitrogens with two attached hydrogens (primary N) is 2. The van der Waals surface area contributed by atoms with E-state index in [0.29, 0.717) is 0 Å². The number of hydrogen-bond acceptors (Lipinski definition) is 4. The van der Waals surface area contributed by atoms with E-state index in [0.717, 1.165) is 0 Å². The van der Waals surface area contributed by atoms with Crippen molar-refractivity contribution in [2.75, 3.05) is 6.54 Å². The van der Waals surface area contributed by atoms with Crippen molar-refractivity contribution in [1.82, 2.24) is 0 Å². The van der Waals surface area contributed by atoms with Crippen LogP contribution in [0.5, 0.6) is 0 Å². The molecule has 0 aromatic heterocycles. The fourth-order valence-electron chi connectivity index (χ4n) is 0.153. The zero-order valence-corrected chi connectivity index (χ0v) is 4.18. The molecule has 0 unspecified atom stereocenters. The van der Waals surface area contributed by atoms with Crippen LogP contribution < -0.4 is 11.6 Å². The average molecular weight is 114 g/mol. The summed E-state index contributed by atoms with van der Waals surface area (Å²) in [6.45, 7) is 0.134. The van der Waals surface area contributed by atoms with E-state index in [1.165, 1.54) is 0 Å². The summed E-state index contributed by atoms with van der Waals surface area (Å²) < 4.78 is 0. The van der Waals surface area contributed by atoms with Crippen LogP contribution in [0, 0.1) is 11.8 Å². The maximum absolute atomic E-state index is 9.99. The van der Waals surface area contributed by atoms with Crippen LogP contribution in [0.4, 0.5) is 0 Å². The highest BCUT2D eigenvalue weighted by Gasteiger charge is 1.86. The van der Waals surface area contributed by atoms with Crippen LogP contribution >= 0.6 is 0 Å². The van der Waals surface area contributed by atoms with Crippen molar-refractivity contribution in [2.24, 2.45) is 11.6 Å². The van der Waals surface area contributed by atoms with Crippen molar-refractivity contribution in [3.05, 3.63) is 0 Å². The van der Waals surface area contributed by atoms with Gasteiger partial charge in [-0.25, -0.2) is 4.79 Å². The normalized spacial score (nSPS) is 6.75. The predicted octanol–water partition coefficient (Wildman–Crippen LogP) is -1.63. The van der Waals surface area contributed by atoms with Crippen LogP contribution in [-0.4, -0.2) is 12.5 Å². The Hall–Kier alpha value is -1.05. The summed E-state index contributed by atoms with van der Waals surface area (Å²) in [5.41, 5.74) is 4.91. The van der Waals surface area contributed by atoms with Gasteiger partial charge in [-0.15, -0.1) is 0 Å². The van der Waals surface area contributed by atoms with Crippen molar-refractivity contribution in [3.63, 3.8) is 0 Å². The summed E-state index contributed by atoms with van der Waals surface area (Å²) in [4.78, 5) is 13.7. The molecule has 0 amide bonds. The van der Waals surface area contributed by atoms with Gasteiger partial charge in [0.25, 0.3) is 0 Å². The van der Waals surface area contributed by atoms with E-state index in [4.69, 9.17) is 5.73 Å². The Kier molecular flexibility index (Phi) is 3.58. The molecule has 0 fully saturated rings. The highest BCUT2D eigenvalue weighted by molar-refractivity contribution is 5.88. The fraction of sp³-hybridized carbons (Fsp3) is 0.250. The van der Waals surface area contributed by atoms with Crippen LogP contribution in [-0.2, 0) is 9.63 Å². The van der Waals surface area contributed by atoms with Gasteiger partial charge in [0.1, 0.15) is 0 Å². The van der Waals surface area contributed by atoms with E-state index in [2.05, 4.69) is 16.7 Å². The lowest BCUT2D eigenvalue weighted by Crippen LogP contribution is -2.07. The summed E-state index contributed by atoms with van der Waals surface area (Å²) in [7, 11) is 0. The van der Waals surface area contributed by atoms with Gasteiger partial charge in [0.15, 0.2) is 0 Å². The Labute approximate surface area is 46.7 Å². The Morgan fingerprint density at radius 3 is 2.75 bits per heavy atom. The minimum atomic E-state index is -0.768. The zero-order chi connectivity index (χ0) is 6.41. The van der Waals surface area contributed by atoms with Gasteiger partial charge in [-0.3, -0.25) is 0 Å². The fourth-order valence-corrected chi connectivity index (χ4v) is 0.153. The third-order valence-corrected chi connectivity index (χ3v) is 0.400. The first kappa shape index (κ1) is 6.95. The molecule has 0 aliphatic rings. The average Bonchev–Trinajstić information content (AvgIpc) is 1.83. The van der Waals surface area contributed by atoms with Gasteiger partial charge in [-0.1, -0.05) is 5.92 Å². The molecule has 4 nitrogen and oxygen atoms in total. The Morgan fingerprint density at radius 1 is 1.75 bits per heavy atom. The van der Waals surface area contributed by atoms with Crippen LogP contribution in [0.3, 0.4) is 0 Å². The van der Waals surface area contributed by atoms with E-state index >= 15 is 0 Å². The third-order valence-electron chi connectivity index (χ3n) is 0.400. The molecule has 0 aromatic carbocycles. The van der Waals surface area contributed by atoms with Crippen LogP contribution in [0.15, 0.2) is 0 Å². The topological polar surface area (TPSA) is 78.3 Å². The first-order valence-electron chi connectivity index (χ1n) is 1.91. The maximum Gasteiger partial charge on any atom is 0.402 e. The highest BCUT2D eigenvalue weighted by atomic mass is 16.7. The quantitative estimate of drug-likeness (QED) is 0.292. The van der Waals surface area contributed by atoms with Crippen LogP contribution in [0.25, 0.3) is 0 Å². The zero-order valence-electron chi connectivity index (χ0n) is 4.18. The highest BCUT2D eigenvalue weighted by Crippen LogP contribution is 1.60. The standard InChI is InChI=1S/C4H6N2O2/c5-3-1-2-4(7)8-6/h3,5-6H2. The van der Waals surface area contributed by atoms with Crippen molar-refractivity contribution < 1.29 is 9.63 Å². The molecule has 4 heteroatoms. The van der Waals surface area contributed by atoms with Crippen molar-refractivity contribution in [3.8, 4) is 11.8 Å². The number of carbonyl (C=O) groups excluding carboxylic acids is 1. The van der Waals surface area contributed by atoms with Gasteiger partial charge in [-0.2, -0.15) is 5.90 Å². The number of rotatable bonds is 0. The summed E-state index contributed by atoms with van der Waals surface area (Å²) >= 11 is 0. The molecule has 0 bridgehead atoms. The van der Waals surface area contributed by atoms with Gasteiger partial charge in [0.05, 0.1) is 6.54 Å². The third kappa shape index (κ3) is 3.15. The molecule has 0 atom stereocenters. The van der Waals surface area contributed by atoms with E-state index in [1.54, 1.807) is 0 Å². The summed E-state index contributed by atoms with van der Waals surface area (Å²) in [6, 6.07) is 0. The minimum absolute atomic E-state index is 0.134. The minimum Gasteiger partial charge on any atom is -0.364 e. The Morgan fingerprint density at radius 2 is 2.38 bits per heavy atom. The van der Waals surface area contributed by atoms with E-state index in [9.17, 15) is 4.79 Å². The molecule has 0 aromatic rings. The molecule has 0 saturated heterocycles. The van der Waals surface area contributed by atoms with E-state index in [-0.39, 0.29) is 6.54 Å². The smallest absolute Gasteiger partial charge is 0.364 e. The molecule has 0 spiro atoms. The largest absolute Gasteiger partial charge is 0.402 e. The van der Waals surface area contributed by atoms with Crippen molar-refractivity contribution >= 4 is 5.97 Å². The Balaban J connectivity index is 3.52. The van der Waals surface area contributed by atoms with Gasteiger partial charge in [0.2, 0.25) is 0 Å². The summed E-state index contributed by atoms with van der Waals surface area (Å²) in [5.74, 6) is 7.94. The second-order valence-electron chi connectivity index (χ2n) is 0.911. The van der Waals surface area contributed by atoms with Gasteiger partial charge in [-0.05, 0) is 0 Å². The molecule has 0 saturated carbocycles. The molecular formula is C4H6N2O2. The summed E-state index contributed by atoms with van der Waals surface area (Å²) in [5, 5.41) is 0. The van der Waals surface area contributed by atoms with Gasteiger partial charge >= 0.3 is 5.97 Å². The molecule has 0 aliphatic carbocycles. The molecule has 4 N–H and O–H groups in total. The molecule has 0 radical (unpaired) electrons. The predicted molar refractivity (Wildman–Crippen MR) is 27.1 cm³/mol. The monoisotopic (exact) mass is 114 g/mol. The number of carbonyl (C=O) groups is 1. The first-order chi connectivity index (χ1) is 3.81. The van der Waals surface area contributed by atoms with E-state index in [1.807, 2.05) is 5.92 Å². The van der Waals surface area contributed by atoms with Crippen molar-refractivity contribution in [1.29, 1.82) is 0 Å².